The van der Waals surface area contributed by atoms with Gasteiger partial charge in [0.05, 0.1) is 6.54 Å². The lowest BCUT2D eigenvalue weighted by Gasteiger charge is -2.26. The minimum atomic E-state index is 0. The molecule has 1 unspecified atom stereocenters. The Morgan fingerprint density at radius 3 is 2.53 bits per heavy atom. The first kappa shape index (κ1) is 16.7. The Morgan fingerprint density at radius 2 is 2.12 bits per heavy atom. The van der Waals surface area contributed by atoms with Crippen LogP contribution in [-0.2, 0) is 4.79 Å². The fourth-order valence-electron chi connectivity index (χ4n) is 2.02. The highest BCUT2D eigenvalue weighted by atomic mass is 35.5. The van der Waals surface area contributed by atoms with Crippen LogP contribution in [0, 0.1) is 5.41 Å². The van der Waals surface area contributed by atoms with Crippen molar-refractivity contribution in [3.05, 3.63) is 0 Å². The van der Waals surface area contributed by atoms with Crippen molar-refractivity contribution in [1.82, 2.24) is 9.80 Å². The number of carbonyl (C=O) groups is 1. The SMILES string of the molecule is CC(C)N(C)C(=O)CN1CCC(C)(CN)C1.Cl. The molecule has 1 fully saturated rings. The molecule has 1 aliphatic heterocycles. The molecule has 1 saturated heterocycles. The molecule has 5 heteroatoms. The van der Waals surface area contributed by atoms with E-state index >= 15 is 0 Å². The van der Waals surface area contributed by atoms with Crippen LogP contribution >= 0.6 is 12.4 Å². The quantitative estimate of drug-likeness (QED) is 0.822. The third-order valence-corrected chi connectivity index (χ3v) is 3.66. The molecule has 1 rings (SSSR count). The number of rotatable bonds is 4. The van der Waals surface area contributed by atoms with Gasteiger partial charge in [-0.1, -0.05) is 6.92 Å². The van der Waals surface area contributed by atoms with Gasteiger partial charge in [0.15, 0.2) is 0 Å². The van der Waals surface area contributed by atoms with E-state index in [1.807, 2.05) is 20.9 Å². The van der Waals surface area contributed by atoms with Crippen molar-refractivity contribution in [1.29, 1.82) is 0 Å². The van der Waals surface area contributed by atoms with E-state index in [0.717, 1.165) is 19.5 Å². The van der Waals surface area contributed by atoms with E-state index in [-0.39, 0.29) is 29.8 Å². The van der Waals surface area contributed by atoms with Gasteiger partial charge in [-0.25, -0.2) is 0 Å². The number of likely N-dealkylation sites (tertiary alicyclic amines) is 1. The Hall–Kier alpha value is -0.320. The minimum absolute atomic E-state index is 0. The van der Waals surface area contributed by atoms with E-state index in [9.17, 15) is 4.79 Å². The van der Waals surface area contributed by atoms with E-state index in [1.54, 1.807) is 4.90 Å². The van der Waals surface area contributed by atoms with Crippen molar-refractivity contribution in [2.75, 3.05) is 33.2 Å². The number of amides is 1. The second kappa shape index (κ2) is 6.57. The number of hydrogen-bond donors (Lipinski definition) is 1. The number of nitrogens with two attached hydrogens (primary N) is 1. The maximum Gasteiger partial charge on any atom is 0.236 e. The molecule has 1 atom stereocenters. The summed E-state index contributed by atoms with van der Waals surface area (Å²) in [6.07, 6.45) is 1.10. The summed E-state index contributed by atoms with van der Waals surface area (Å²) < 4.78 is 0. The molecule has 1 aliphatic rings. The van der Waals surface area contributed by atoms with Crippen LogP contribution in [0.5, 0.6) is 0 Å². The van der Waals surface area contributed by atoms with Crippen molar-refractivity contribution in [3.63, 3.8) is 0 Å². The molecule has 1 heterocycles. The van der Waals surface area contributed by atoms with Gasteiger partial charge in [-0.3, -0.25) is 9.69 Å². The first-order valence-corrected chi connectivity index (χ1v) is 6.06. The topological polar surface area (TPSA) is 49.6 Å². The van der Waals surface area contributed by atoms with Crippen molar-refractivity contribution < 1.29 is 4.79 Å². The molecule has 2 N–H and O–H groups in total. The number of hydrogen-bond acceptors (Lipinski definition) is 3. The monoisotopic (exact) mass is 263 g/mol. The zero-order chi connectivity index (χ0) is 12.3. The average molecular weight is 264 g/mol. The predicted octanol–water partition coefficient (Wildman–Crippen LogP) is 0.946. The lowest BCUT2D eigenvalue weighted by Crippen LogP contribution is -2.41. The highest BCUT2D eigenvalue weighted by Crippen LogP contribution is 2.28. The second-order valence-corrected chi connectivity index (χ2v) is 5.57. The Balaban J connectivity index is 0.00000256. The summed E-state index contributed by atoms with van der Waals surface area (Å²) >= 11 is 0. The van der Waals surface area contributed by atoms with Crippen LogP contribution in [0.15, 0.2) is 0 Å². The summed E-state index contributed by atoms with van der Waals surface area (Å²) in [5.41, 5.74) is 5.95. The molecule has 0 aromatic heterocycles. The maximum atomic E-state index is 11.9. The maximum absolute atomic E-state index is 11.9. The largest absolute Gasteiger partial charge is 0.342 e. The molecule has 0 aliphatic carbocycles. The molecular formula is C12H26ClN3O. The second-order valence-electron chi connectivity index (χ2n) is 5.57. The third-order valence-electron chi connectivity index (χ3n) is 3.66. The highest BCUT2D eigenvalue weighted by molar-refractivity contribution is 5.85. The molecule has 4 nitrogen and oxygen atoms in total. The predicted molar refractivity (Wildman–Crippen MR) is 73.4 cm³/mol. The number of halogens is 1. The van der Waals surface area contributed by atoms with Gasteiger partial charge >= 0.3 is 0 Å². The fraction of sp³-hybridized carbons (Fsp3) is 0.917. The van der Waals surface area contributed by atoms with Gasteiger partial charge in [0.1, 0.15) is 0 Å². The molecule has 0 aromatic carbocycles. The Kier molecular flexibility index (Phi) is 6.45. The molecule has 0 radical (unpaired) electrons. The van der Waals surface area contributed by atoms with Gasteiger partial charge in [-0.05, 0) is 38.8 Å². The van der Waals surface area contributed by atoms with E-state index < -0.39 is 0 Å². The minimum Gasteiger partial charge on any atom is -0.342 e. The van der Waals surface area contributed by atoms with Gasteiger partial charge in [-0.2, -0.15) is 0 Å². The smallest absolute Gasteiger partial charge is 0.236 e. The normalized spacial score (nSPS) is 24.8. The fourth-order valence-corrected chi connectivity index (χ4v) is 2.02. The van der Waals surface area contributed by atoms with Crippen LogP contribution in [-0.4, -0.2) is 55.0 Å². The summed E-state index contributed by atoms with van der Waals surface area (Å²) in [7, 11) is 1.87. The summed E-state index contributed by atoms with van der Waals surface area (Å²) in [5, 5.41) is 0. The highest BCUT2D eigenvalue weighted by Gasteiger charge is 2.33. The van der Waals surface area contributed by atoms with E-state index in [2.05, 4.69) is 11.8 Å². The van der Waals surface area contributed by atoms with Gasteiger partial charge in [0.2, 0.25) is 5.91 Å². The van der Waals surface area contributed by atoms with E-state index in [4.69, 9.17) is 5.73 Å². The van der Waals surface area contributed by atoms with Gasteiger partial charge in [-0.15, -0.1) is 12.4 Å². The Morgan fingerprint density at radius 1 is 1.53 bits per heavy atom. The van der Waals surface area contributed by atoms with Crippen molar-refractivity contribution in [2.24, 2.45) is 11.1 Å². The standard InChI is InChI=1S/C12H25N3O.ClH/c1-10(2)14(4)11(16)7-15-6-5-12(3,8-13)9-15;/h10H,5-9,13H2,1-4H3;1H. The number of likely N-dealkylation sites (N-methyl/N-ethyl adjacent to an activating group) is 1. The van der Waals surface area contributed by atoms with Gasteiger partial charge in [0.25, 0.3) is 0 Å². The molecule has 0 saturated carbocycles. The van der Waals surface area contributed by atoms with Crippen LogP contribution < -0.4 is 5.73 Å². The summed E-state index contributed by atoms with van der Waals surface area (Å²) in [5.74, 6) is 0.205. The Labute approximate surface area is 111 Å². The molecular weight excluding hydrogens is 238 g/mol. The molecule has 17 heavy (non-hydrogen) atoms. The first-order chi connectivity index (χ1) is 7.38. The lowest BCUT2D eigenvalue weighted by molar-refractivity contribution is -0.132. The average Bonchev–Trinajstić information content (AvgIpc) is 2.59. The number of carbonyl (C=O) groups excluding carboxylic acids is 1. The molecule has 0 spiro atoms. The third kappa shape index (κ3) is 4.45. The molecule has 0 bridgehead atoms. The van der Waals surface area contributed by atoms with Crippen LogP contribution in [0.25, 0.3) is 0 Å². The summed E-state index contributed by atoms with van der Waals surface area (Å²) in [6.45, 7) is 9.44. The van der Waals surface area contributed by atoms with Crippen molar-refractivity contribution in [3.8, 4) is 0 Å². The first-order valence-electron chi connectivity index (χ1n) is 6.06. The zero-order valence-corrected chi connectivity index (χ0v) is 12.2. The molecule has 102 valence electrons. The number of nitrogens with zero attached hydrogens (tertiary/aromatic N) is 2. The zero-order valence-electron chi connectivity index (χ0n) is 11.4. The van der Waals surface area contributed by atoms with E-state index in [1.165, 1.54) is 0 Å². The van der Waals surface area contributed by atoms with Crippen LogP contribution in [0.1, 0.15) is 27.2 Å². The summed E-state index contributed by atoms with van der Waals surface area (Å²) in [6, 6.07) is 0.274. The molecule has 1 amide bonds. The van der Waals surface area contributed by atoms with Crippen LogP contribution in [0.3, 0.4) is 0 Å². The van der Waals surface area contributed by atoms with Crippen molar-refractivity contribution in [2.45, 2.75) is 33.2 Å². The summed E-state index contributed by atoms with van der Waals surface area (Å²) in [4.78, 5) is 15.9. The Bertz CT molecular complexity index is 260. The van der Waals surface area contributed by atoms with Crippen molar-refractivity contribution >= 4 is 18.3 Å². The van der Waals surface area contributed by atoms with Gasteiger partial charge < -0.3 is 10.6 Å². The van der Waals surface area contributed by atoms with E-state index in [0.29, 0.717) is 13.1 Å². The lowest BCUT2D eigenvalue weighted by atomic mass is 9.90. The van der Waals surface area contributed by atoms with Gasteiger partial charge in [0, 0.05) is 19.6 Å². The van der Waals surface area contributed by atoms with Crippen LogP contribution in [0.4, 0.5) is 0 Å². The van der Waals surface area contributed by atoms with Crippen LogP contribution in [0.2, 0.25) is 0 Å². The molecule has 0 aromatic rings.